The molecule has 5 rings (SSSR count). The number of rotatable bonds is 4. The Morgan fingerprint density at radius 1 is 1.09 bits per heavy atom. The van der Waals surface area contributed by atoms with E-state index in [1.165, 1.54) is 12.1 Å². The van der Waals surface area contributed by atoms with Crippen LogP contribution in [0.2, 0.25) is 0 Å². The van der Waals surface area contributed by atoms with Gasteiger partial charge in [-0.1, -0.05) is 30.3 Å². The van der Waals surface area contributed by atoms with Gasteiger partial charge in [-0.3, -0.25) is 0 Å². The lowest BCUT2D eigenvalue weighted by Crippen LogP contribution is -2.38. The Hall–Kier alpha value is -3.16. The quantitative estimate of drug-likeness (QED) is 0.663. The van der Waals surface area contributed by atoms with Crippen LogP contribution >= 0.6 is 0 Å². The maximum atomic E-state index is 14.5. The van der Waals surface area contributed by atoms with Gasteiger partial charge in [-0.2, -0.15) is 13.2 Å². The van der Waals surface area contributed by atoms with Crippen molar-refractivity contribution in [2.75, 3.05) is 31.2 Å². The van der Waals surface area contributed by atoms with Gasteiger partial charge in [-0.25, -0.2) is 4.39 Å². The molecule has 1 fully saturated rings. The Morgan fingerprint density at radius 2 is 1.91 bits per heavy atom. The Kier molecular flexibility index (Phi) is 5.46. The van der Waals surface area contributed by atoms with Crippen molar-refractivity contribution in [1.29, 1.82) is 0 Å². The Bertz CT molecular complexity index is 1090. The highest BCUT2D eigenvalue weighted by Gasteiger charge is 2.38. The molecule has 4 nitrogen and oxygen atoms in total. The van der Waals surface area contributed by atoms with Crippen molar-refractivity contribution in [1.82, 2.24) is 15.1 Å². The largest absolute Gasteiger partial charge is 0.416 e. The number of dihydropyridines is 1. The molecular weight excluding hydrogens is 432 g/mol. The maximum Gasteiger partial charge on any atom is 0.416 e. The first-order valence-electron chi connectivity index (χ1n) is 11.1. The summed E-state index contributed by atoms with van der Waals surface area (Å²) in [6, 6.07) is 11.0. The summed E-state index contributed by atoms with van der Waals surface area (Å²) in [4.78, 5) is 6.37. The van der Waals surface area contributed by atoms with Crippen LogP contribution in [0.1, 0.15) is 23.1 Å². The third-order valence-electron chi connectivity index (χ3n) is 6.73. The minimum absolute atomic E-state index is 0.152. The second-order valence-electron chi connectivity index (χ2n) is 8.80. The Balaban J connectivity index is 1.38. The number of hydrogen-bond donors (Lipinski definition) is 1. The van der Waals surface area contributed by atoms with E-state index in [1.807, 2.05) is 30.2 Å². The smallest absolute Gasteiger partial charge is 0.385 e. The summed E-state index contributed by atoms with van der Waals surface area (Å²) in [5, 5.41) is 3.19. The number of allylic oxidation sites excluding steroid dienone is 1. The fourth-order valence-electron chi connectivity index (χ4n) is 5.18. The second kappa shape index (κ2) is 8.32. The molecule has 0 aromatic heterocycles. The first kappa shape index (κ1) is 21.7. The zero-order chi connectivity index (χ0) is 23.2. The number of para-hydroxylation sites is 1. The van der Waals surface area contributed by atoms with E-state index >= 15 is 0 Å². The fraction of sp³-hybridized carbons (Fsp3) is 0.360. The summed E-state index contributed by atoms with van der Waals surface area (Å²) < 4.78 is 55.2. The number of hydrogen-bond acceptors (Lipinski definition) is 4. The monoisotopic (exact) mass is 458 g/mol. The highest BCUT2D eigenvalue weighted by Crippen LogP contribution is 2.37. The predicted molar refractivity (Wildman–Crippen MR) is 120 cm³/mol. The van der Waals surface area contributed by atoms with Crippen molar-refractivity contribution in [2.24, 2.45) is 0 Å². The van der Waals surface area contributed by atoms with Crippen LogP contribution in [0.5, 0.6) is 0 Å². The van der Waals surface area contributed by atoms with Gasteiger partial charge in [0.15, 0.2) is 0 Å². The number of anilines is 1. The molecule has 0 unspecified atom stereocenters. The zero-order valence-corrected chi connectivity index (χ0v) is 18.4. The van der Waals surface area contributed by atoms with Gasteiger partial charge >= 0.3 is 6.18 Å². The van der Waals surface area contributed by atoms with Gasteiger partial charge in [0.1, 0.15) is 5.82 Å². The number of nitrogens with one attached hydrogen (secondary N) is 1. The summed E-state index contributed by atoms with van der Waals surface area (Å²) in [5.41, 5.74) is 3.26. The van der Waals surface area contributed by atoms with E-state index in [0.29, 0.717) is 25.4 Å². The van der Waals surface area contributed by atoms with Crippen LogP contribution in [0.4, 0.5) is 23.2 Å². The van der Waals surface area contributed by atoms with Gasteiger partial charge in [0.2, 0.25) is 0 Å². The minimum atomic E-state index is -4.39. The third kappa shape index (κ3) is 4.03. The van der Waals surface area contributed by atoms with E-state index in [-0.39, 0.29) is 24.0 Å². The number of alkyl halides is 3. The predicted octanol–water partition coefficient (Wildman–Crippen LogP) is 4.84. The van der Waals surface area contributed by atoms with Crippen LogP contribution in [-0.2, 0) is 12.7 Å². The number of halogens is 4. The number of benzene rings is 2. The average Bonchev–Trinajstić information content (AvgIpc) is 3.39. The van der Waals surface area contributed by atoms with Crippen LogP contribution in [0.25, 0.3) is 0 Å². The van der Waals surface area contributed by atoms with Crippen molar-refractivity contribution in [2.45, 2.75) is 32.1 Å². The summed E-state index contributed by atoms with van der Waals surface area (Å²) in [6.45, 7) is 4.59. The highest BCUT2D eigenvalue weighted by molar-refractivity contribution is 5.55. The number of nitrogens with zero attached hydrogens (tertiary/aromatic N) is 3. The van der Waals surface area contributed by atoms with E-state index < -0.39 is 11.7 Å². The zero-order valence-electron chi connectivity index (χ0n) is 18.4. The SMILES string of the molecule is Cc1cccc(F)c1N1CC[C@@H](N2CN(Cc3ccccc3C(F)(F)F)C3=C2C=CNC3)C1. The fourth-order valence-corrected chi connectivity index (χ4v) is 5.18. The molecule has 0 amide bonds. The average molecular weight is 459 g/mol. The number of aryl methyl sites for hydroxylation is 1. The first-order chi connectivity index (χ1) is 15.8. The van der Waals surface area contributed by atoms with Gasteiger partial charge in [0, 0.05) is 25.7 Å². The molecule has 8 heteroatoms. The van der Waals surface area contributed by atoms with E-state index in [2.05, 4.69) is 15.1 Å². The van der Waals surface area contributed by atoms with Crippen molar-refractivity contribution >= 4 is 5.69 Å². The van der Waals surface area contributed by atoms with Crippen LogP contribution in [0.3, 0.4) is 0 Å². The molecule has 0 bridgehead atoms. The Labute approximate surface area is 190 Å². The molecule has 1 atom stereocenters. The topological polar surface area (TPSA) is 21.8 Å². The molecule has 174 valence electrons. The van der Waals surface area contributed by atoms with E-state index in [1.54, 1.807) is 18.2 Å². The van der Waals surface area contributed by atoms with Crippen LogP contribution in [0.15, 0.2) is 66.1 Å². The van der Waals surface area contributed by atoms with Gasteiger partial charge < -0.3 is 20.0 Å². The Morgan fingerprint density at radius 3 is 2.70 bits per heavy atom. The summed E-state index contributed by atoms with van der Waals surface area (Å²) in [5.74, 6) is -0.218. The van der Waals surface area contributed by atoms with Crippen molar-refractivity contribution < 1.29 is 17.6 Å². The molecule has 3 aliphatic rings. The lowest BCUT2D eigenvalue weighted by molar-refractivity contribution is -0.138. The summed E-state index contributed by atoms with van der Waals surface area (Å²) in [7, 11) is 0. The lowest BCUT2D eigenvalue weighted by atomic mass is 10.1. The lowest BCUT2D eigenvalue weighted by Gasteiger charge is -2.30. The standard InChI is InChI=1S/C25H26F4N4/c1-17-5-4-8-21(26)24(17)31-12-10-19(15-31)33-16-32(23-13-30-11-9-22(23)33)14-18-6-2-3-7-20(18)25(27,28)29/h2-9,11,19,30H,10,12-16H2,1H3/t19-/m1/s1. The summed E-state index contributed by atoms with van der Waals surface area (Å²) in [6.07, 6.45) is 0.346. The van der Waals surface area contributed by atoms with Crippen molar-refractivity contribution in [3.8, 4) is 0 Å². The molecule has 1 N–H and O–H groups in total. The van der Waals surface area contributed by atoms with Gasteiger partial charge in [0.05, 0.1) is 35.9 Å². The maximum absolute atomic E-state index is 14.5. The van der Waals surface area contributed by atoms with Crippen LogP contribution in [-0.4, -0.2) is 42.1 Å². The molecule has 2 aromatic carbocycles. The molecule has 0 spiro atoms. The van der Waals surface area contributed by atoms with Crippen molar-refractivity contribution in [3.63, 3.8) is 0 Å². The molecule has 0 aliphatic carbocycles. The van der Waals surface area contributed by atoms with Crippen molar-refractivity contribution in [3.05, 3.63) is 88.6 Å². The molecule has 0 radical (unpaired) electrons. The normalized spacial score (nSPS) is 20.5. The van der Waals surface area contributed by atoms with Crippen LogP contribution < -0.4 is 10.2 Å². The van der Waals surface area contributed by atoms with E-state index in [0.717, 1.165) is 36.0 Å². The molecular formula is C25H26F4N4. The molecule has 3 aliphatic heterocycles. The van der Waals surface area contributed by atoms with E-state index in [4.69, 9.17) is 0 Å². The van der Waals surface area contributed by atoms with Gasteiger partial charge in [0.25, 0.3) is 0 Å². The highest BCUT2D eigenvalue weighted by atomic mass is 19.4. The van der Waals surface area contributed by atoms with Gasteiger partial charge in [-0.05, 0) is 48.9 Å². The van der Waals surface area contributed by atoms with Crippen LogP contribution in [0, 0.1) is 12.7 Å². The second-order valence-corrected chi connectivity index (χ2v) is 8.80. The molecule has 0 saturated carbocycles. The molecule has 1 saturated heterocycles. The van der Waals surface area contributed by atoms with Gasteiger partial charge in [-0.15, -0.1) is 0 Å². The summed E-state index contributed by atoms with van der Waals surface area (Å²) >= 11 is 0. The first-order valence-corrected chi connectivity index (χ1v) is 11.1. The third-order valence-corrected chi connectivity index (χ3v) is 6.73. The minimum Gasteiger partial charge on any atom is -0.385 e. The molecule has 33 heavy (non-hydrogen) atoms. The molecule has 2 aromatic rings. The molecule has 3 heterocycles. The van der Waals surface area contributed by atoms with E-state index in [9.17, 15) is 17.6 Å².